The molecule has 0 saturated carbocycles. The van der Waals surface area contributed by atoms with Crippen LogP contribution in [0.3, 0.4) is 0 Å². The van der Waals surface area contributed by atoms with Gasteiger partial charge in [-0.15, -0.1) is 0 Å². The molecular weight excluding hydrogens is 321 g/mol. The molecule has 1 N–H and O–H groups in total. The lowest BCUT2D eigenvalue weighted by Crippen LogP contribution is -2.66. The fourth-order valence-corrected chi connectivity index (χ4v) is 1.06. The standard InChI is InChI=1S/C8H7F11O/c9-4(10,2-1-3-20)5(11,12)6(13,14)7(15,16)8(17,18)19/h20H,1-3H2. The molecule has 0 bridgehead atoms. The Bertz CT molecular complexity index is 332. The van der Waals surface area contributed by atoms with Crippen molar-refractivity contribution in [2.24, 2.45) is 0 Å². The van der Waals surface area contributed by atoms with E-state index in [4.69, 9.17) is 5.11 Å². The fraction of sp³-hybridized carbons (Fsp3) is 1.00. The minimum atomic E-state index is -7.36. The summed E-state index contributed by atoms with van der Waals surface area (Å²) < 4.78 is 136. The van der Waals surface area contributed by atoms with Crippen molar-refractivity contribution in [1.29, 1.82) is 0 Å². The summed E-state index contributed by atoms with van der Waals surface area (Å²) in [7, 11) is 0. The van der Waals surface area contributed by atoms with Crippen LogP contribution in [0.4, 0.5) is 48.3 Å². The highest BCUT2D eigenvalue weighted by Gasteiger charge is 2.86. The second-order valence-electron chi connectivity index (χ2n) is 3.75. The van der Waals surface area contributed by atoms with Crippen LogP contribution in [0.5, 0.6) is 0 Å². The minimum absolute atomic E-state index is 1.17. The maximum atomic E-state index is 12.8. The first kappa shape index (κ1) is 19.2. The summed E-state index contributed by atoms with van der Waals surface area (Å²) in [5.74, 6) is -27.6. The third kappa shape index (κ3) is 2.79. The van der Waals surface area contributed by atoms with Crippen LogP contribution >= 0.6 is 0 Å². The SMILES string of the molecule is OCCCC(F)(F)C(F)(F)C(F)(F)C(F)(F)C(F)(F)F. The molecular formula is C8H7F11O. The first-order chi connectivity index (χ1) is 8.56. The zero-order valence-electron chi connectivity index (χ0n) is 9.23. The molecule has 1 nitrogen and oxygen atoms in total. The van der Waals surface area contributed by atoms with E-state index in [1.54, 1.807) is 0 Å². The number of halogens is 11. The van der Waals surface area contributed by atoms with E-state index in [2.05, 4.69) is 0 Å². The Morgan fingerprint density at radius 1 is 0.600 bits per heavy atom. The number of rotatable bonds is 6. The summed E-state index contributed by atoms with van der Waals surface area (Å²) >= 11 is 0. The van der Waals surface area contributed by atoms with Crippen LogP contribution in [-0.2, 0) is 0 Å². The van der Waals surface area contributed by atoms with E-state index in [9.17, 15) is 48.3 Å². The third-order valence-corrected chi connectivity index (χ3v) is 2.25. The number of hydrogen-bond acceptors (Lipinski definition) is 1. The number of hydrogen-bond donors (Lipinski definition) is 1. The maximum absolute atomic E-state index is 12.8. The van der Waals surface area contributed by atoms with Crippen LogP contribution in [-0.4, -0.2) is 41.6 Å². The Balaban J connectivity index is 5.68. The van der Waals surface area contributed by atoms with Crippen molar-refractivity contribution in [3.8, 4) is 0 Å². The van der Waals surface area contributed by atoms with Crippen molar-refractivity contribution in [2.75, 3.05) is 6.61 Å². The lowest BCUT2D eigenvalue weighted by molar-refractivity contribution is -0.422. The molecule has 0 amide bonds. The molecule has 0 aromatic heterocycles. The largest absolute Gasteiger partial charge is 0.460 e. The molecule has 0 fully saturated rings. The Labute approximate surface area is 104 Å². The van der Waals surface area contributed by atoms with Gasteiger partial charge in [0.15, 0.2) is 0 Å². The summed E-state index contributed by atoms with van der Waals surface area (Å²) in [6.45, 7) is -1.17. The molecule has 0 aliphatic rings. The summed E-state index contributed by atoms with van der Waals surface area (Å²) in [6.07, 6.45) is -10.5. The molecule has 0 spiro atoms. The topological polar surface area (TPSA) is 20.2 Å². The molecule has 0 atom stereocenters. The molecule has 0 radical (unpaired) electrons. The Morgan fingerprint density at radius 2 is 1.00 bits per heavy atom. The van der Waals surface area contributed by atoms with E-state index in [1.807, 2.05) is 0 Å². The van der Waals surface area contributed by atoms with Crippen LogP contribution in [0.25, 0.3) is 0 Å². The summed E-state index contributed by atoms with van der Waals surface area (Å²) in [5, 5.41) is 8.09. The van der Waals surface area contributed by atoms with Gasteiger partial charge in [0.1, 0.15) is 0 Å². The van der Waals surface area contributed by atoms with E-state index in [-0.39, 0.29) is 0 Å². The summed E-state index contributed by atoms with van der Waals surface area (Å²) in [5.41, 5.74) is 0. The van der Waals surface area contributed by atoms with Crippen molar-refractivity contribution >= 4 is 0 Å². The number of alkyl halides is 11. The third-order valence-electron chi connectivity index (χ3n) is 2.25. The van der Waals surface area contributed by atoms with Crippen molar-refractivity contribution in [2.45, 2.75) is 42.7 Å². The quantitative estimate of drug-likeness (QED) is 0.734. The van der Waals surface area contributed by atoms with Crippen LogP contribution in [0, 0.1) is 0 Å². The highest BCUT2D eigenvalue weighted by atomic mass is 19.4. The second-order valence-corrected chi connectivity index (χ2v) is 3.75. The molecule has 0 saturated heterocycles. The Hall–Kier alpha value is -0.810. The first-order valence-corrected chi connectivity index (χ1v) is 4.75. The molecule has 12 heteroatoms. The van der Waals surface area contributed by atoms with Crippen LogP contribution in [0.2, 0.25) is 0 Å². The van der Waals surface area contributed by atoms with E-state index >= 15 is 0 Å². The highest BCUT2D eigenvalue weighted by molar-refractivity contribution is 5.06. The Morgan fingerprint density at radius 3 is 1.30 bits per heavy atom. The highest BCUT2D eigenvalue weighted by Crippen LogP contribution is 2.58. The Kier molecular flexibility index (Phi) is 4.98. The van der Waals surface area contributed by atoms with Gasteiger partial charge in [-0.3, -0.25) is 0 Å². The summed E-state index contributed by atoms with van der Waals surface area (Å²) in [4.78, 5) is 0. The van der Waals surface area contributed by atoms with Gasteiger partial charge in [-0.25, -0.2) is 0 Å². The smallest absolute Gasteiger partial charge is 0.396 e. The van der Waals surface area contributed by atoms with E-state index in [0.717, 1.165) is 0 Å². The molecule has 20 heavy (non-hydrogen) atoms. The van der Waals surface area contributed by atoms with Gasteiger partial charge in [-0.05, 0) is 6.42 Å². The van der Waals surface area contributed by atoms with Crippen LogP contribution in [0.1, 0.15) is 12.8 Å². The molecule has 0 aliphatic heterocycles. The van der Waals surface area contributed by atoms with E-state index in [1.165, 1.54) is 0 Å². The molecule has 122 valence electrons. The molecule has 0 rings (SSSR count). The second kappa shape index (κ2) is 5.19. The van der Waals surface area contributed by atoms with Crippen LogP contribution in [0.15, 0.2) is 0 Å². The van der Waals surface area contributed by atoms with Gasteiger partial charge in [-0.1, -0.05) is 0 Å². The van der Waals surface area contributed by atoms with Gasteiger partial charge in [0.05, 0.1) is 0 Å². The van der Waals surface area contributed by atoms with Crippen molar-refractivity contribution < 1.29 is 53.4 Å². The first-order valence-electron chi connectivity index (χ1n) is 4.75. The molecule has 0 heterocycles. The molecule has 0 aliphatic carbocycles. The fourth-order valence-electron chi connectivity index (χ4n) is 1.06. The van der Waals surface area contributed by atoms with Crippen molar-refractivity contribution in [3.63, 3.8) is 0 Å². The maximum Gasteiger partial charge on any atom is 0.460 e. The van der Waals surface area contributed by atoms with Gasteiger partial charge < -0.3 is 5.11 Å². The monoisotopic (exact) mass is 328 g/mol. The van der Waals surface area contributed by atoms with E-state index < -0.39 is 49.3 Å². The predicted molar refractivity (Wildman–Crippen MR) is 42.2 cm³/mol. The van der Waals surface area contributed by atoms with E-state index in [0.29, 0.717) is 0 Å². The molecule has 0 unspecified atom stereocenters. The number of aliphatic hydroxyl groups is 1. The van der Waals surface area contributed by atoms with Crippen LogP contribution < -0.4 is 0 Å². The number of aliphatic hydroxyl groups excluding tert-OH is 1. The average Bonchev–Trinajstić information content (AvgIpc) is 2.24. The van der Waals surface area contributed by atoms with Gasteiger partial charge in [-0.2, -0.15) is 48.3 Å². The zero-order valence-corrected chi connectivity index (χ0v) is 9.23. The van der Waals surface area contributed by atoms with Crippen molar-refractivity contribution in [1.82, 2.24) is 0 Å². The lowest BCUT2D eigenvalue weighted by Gasteiger charge is -2.37. The summed E-state index contributed by atoms with van der Waals surface area (Å²) in [6, 6.07) is 0. The molecule has 0 aromatic carbocycles. The minimum Gasteiger partial charge on any atom is -0.396 e. The normalized spacial score (nSPS) is 15.6. The predicted octanol–water partition coefficient (Wildman–Crippen LogP) is 3.86. The van der Waals surface area contributed by atoms with Gasteiger partial charge in [0.25, 0.3) is 0 Å². The van der Waals surface area contributed by atoms with Gasteiger partial charge in [0, 0.05) is 13.0 Å². The van der Waals surface area contributed by atoms with Gasteiger partial charge >= 0.3 is 29.9 Å². The van der Waals surface area contributed by atoms with Gasteiger partial charge in [0.2, 0.25) is 0 Å². The average molecular weight is 328 g/mol. The zero-order chi connectivity index (χ0) is 16.6. The van der Waals surface area contributed by atoms with Crippen molar-refractivity contribution in [3.05, 3.63) is 0 Å². The lowest BCUT2D eigenvalue weighted by atomic mass is 9.95. The molecule has 0 aromatic rings.